The fraction of sp³-hybridized carbons (Fsp3) is 0.481. The molecule has 7 nitrogen and oxygen atoms in total. The third-order valence-corrected chi connectivity index (χ3v) is 10.6. The van der Waals surface area contributed by atoms with Crippen molar-refractivity contribution in [3.63, 3.8) is 0 Å². The Balaban J connectivity index is 1.21. The molecule has 2 heterocycles. The fourth-order valence-electron chi connectivity index (χ4n) is 5.17. The van der Waals surface area contributed by atoms with E-state index in [0.717, 1.165) is 55.8 Å². The Morgan fingerprint density at radius 1 is 1.03 bits per heavy atom. The Morgan fingerprint density at radius 2 is 1.72 bits per heavy atom. The third kappa shape index (κ3) is 5.01. The molecule has 0 spiro atoms. The lowest BCUT2D eigenvalue weighted by molar-refractivity contribution is 0.0746. The zero-order chi connectivity index (χ0) is 25.3. The van der Waals surface area contributed by atoms with Gasteiger partial charge >= 0.3 is 0 Å². The topological polar surface area (TPSA) is 73.8 Å². The van der Waals surface area contributed by atoms with E-state index in [9.17, 15) is 13.2 Å². The summed E-state index contributed by atoms with van der Waals surface area (Å²) in [5.74, 6) is -0.0591. The summed E-state index contributed by atoms with van der Waals surface area (Å²) in [7, 11) is -1.89. The van der Waals surface area contributed by atoms with Gasteiger partial charge in [-0.25, -0.2) is 13.4 Å². The van der Waals surface area contributed by atoms with Gasteiger partial charge < -0.3 is 9.80 Å². The number of carbonyl (C=O) groups is 1. The van der Waals surface area contributed by atoms with Gasteiger partial charge in [-0.3, -0.25) is 4.79 Å². The molecule has 2 aliphatic rings. The van der Waals surface area contributed by atoms with E-state index in [1.165, 1.54) is 21.0 Å². The second-order valence-electron chi connectivity index (χ2n) is 9.77. The minimum absolute atomic E-state index is 0.0591. The standard InChI is InChI=1S/C27H34N4O3S2/c1-3-20-9-14-24-25(19-20)35-27(28-24)31-17-15-30(16-18-31)26(32)21-10-12-23(13-11-21)36(33,34)29(2)22-7-5-4-6-8-22/h9-14,19,22H,3-8,15-18H2,1-2H3. The monoisotopic (exact) mass is 526 g/mol. The number of fused-ring (bicyclic) bond motifs is 1. The molecule has 0 atom stereocenters. The van der Waals surface area contributed by atoms with E-state index in [1.807, 2.05) is 4.90 Å². The summed E-state index contributed by atoms with van der Waals surface area (Å²) in [6.07, 6.45) is 6.15. The zero-order valence-electron chi connectivity index (χ0n) is 21.0. The molecule has 1 saturated carbocycles. The molecule has 1 amide bonds. The third-order valence-electron chi connectivity index (χ3n) is 7.55. The van der Waals surface area contributed by atoms with Crippen LogP contribution in [0.15, 0.2) is 47.4 Å². The largest absolute Gasteiger partial charge is 0.345 e. The van der Waals surface area contributed by atoms with Gasteiger partial charge in [0.2, 0.25) is 10.0 Å². The molecule has 2 aromatic carbocycles. The molecule has 3 aromatic rings. The van der Waals surface area contributed by atoms with Gasteiger partial charge in [0.25, 0.3) is 5.91 Å². The molecule has 1 aromatic heterocycles. The quantitative estimate of drug-likeness (QED) is 0.462. The number of sulfonamides is 1. The SMILES string of the molecule is CCc1ccc2nc(N3CCN(C(=O)c4ccc(S(=O)(=O)N(C)C5CCCCC5)cc4)CC3)sc2c1. The van der Waals surface area contributed by atoms with Crippen molar-refractivity contribution in [2.24, 2.45) is 0 Å². The first-order chi connectivity index (χ1) is 17.4. The lowest BCUT2D eigenvalue weighted by Gasteiger charge is -2.34. The molecule has 9 heteroatoms. The minimum atomic E-state index is -3.56. The van der Waals surface area contributed by atoms with Gasteiger partial charge in [0.1, 0.15) is 0 Å². The maximum atomic E-state index is 13.1. The molecule has 0 radical (unpaired) electrons. The van der Waals surface area contributed by atoms with Gasteiger partial charge in [0.05, 0.1) is 15.1 Å². The molecule has 1 saturated heterocycles. The first kappa shape index (κ1) is 25.2. The molecule has 0 unspecified atom stereocenters. The number of benzene rings is 2. The first-order valence-corrected chi connectivity index (χ1v) is 15.1. The van der Waals surface area contributed by atoms with Crippen LogP contribution in [0.25, 0.3) is 10.2 Å². The average Bonchev–Trinajstić information content (AvgIpc) is 3.36. The van der Waals surface area contributed by atoms with Crippen molar-refractivity contribution in [2.45, 2.75) is 56.4 Å². The van der Waals surface area contributed by atoms with Crippen LogP contribution in [0.4, 0.5) is 5.13 Å². The van der Waals surface area contributed by atoms with Gasteiger partial charge in [-0.2, -0.15) is 4.31 Å². The average molecular weight is 527 g/mol. The van der Waals surface area contributed by atoms with Gasteiger partial charge in [0.15, 0.2) is 5.13 Å². The van der Waals surface area contributed by atoms with Crippen molar-refractivity contribution in [3.05, 3.63) is 53.6 Å². The van der Waals surface area contributed by atoms with Crippen molar-refractivity contribution < 1.29 is 13.2 Å². The number of rotatable bonds is 6. The smallest absolute Gasteiger partial charge is 0.253 e. The maximum Gasteiger partial charge on any atom is 0.253 e. The van der Waals surface area contributed by atoms with Crippen LogP contribution in [0.3, 0.4) is 0 Å². The lowest BCUT2D eigenvalue weighted by Crippen LogP contribution is -2.48. The van der Waals surface area contributed by atoms with E-state index in [1.54, 1.807) is 42.6 Å². The summed E-state index contributed by atoms with van der Waals surface area (Å²) in [6, 6.07) is 12.9. The van der Waals surface area contributed by atoms with Gasteiger partial charge in [-0.1, -0.05) is 43.6 Å². The van der Waals surface area contributed by atoms with Crippen molar-refractivity contribution >= 4 is 42.6 Å². The van der Waals surface area contributed by atoms with Crippen LogP contribution >= 0.6 is 11.3 Å². The van der Waals surface area contributed by atoms with Gasteiger partial charge in [-0.15, -0.1) is 0 Å². The summed E-state index contributed by atoms with van der Waals surface area (Å²) < 4.78 is 28.9. The van der Waals surface area contributed by atoms with Crippen molar-refractivity contribution in [1.82, 2.24) is 14.2 Å². The van der Waals surface area contributed by atoms with Crippen LogP contribution in [0, 0.1) is 0 Å². The van der Waals surface area contributed by atoms with Crippen molar-refractivity contribution in [3.8, 4) is 0 Å². The van der Waals surface area contributed by atoms with E-state index >= 15 is 0 Å². The van der Waals surface area contributed by atoms with Crippen LogP contribution in [0.2, 0.25) is 0 Å². The Kier molecular flexibility index (Phi) is 7.32. The van der Waals surface area contributed by atoms with Crippen LogP contribution in [-0.4, -0.2) is 67.8 Å². The molecule has 0 bridgehead atoms. The highest BCUT2D eigenvalue weighted by Gasteiger charge is 2.30. The number of aryl methyl sites for hydroxylation is 1. The number of amides is 1. The van der Waals surface area contributed by atoms with Crippen LogP contribution in [0.5, 0.6) is 0 Å². The number of aromatic nitrogens is 1. The second kappa shape index (κ2) is 10.5. The van der Waals surface area contributed by atoms with E-state index in [2.05, 4.69) is 30.0 Å². The number of hydrogen-bond acceptors (Lipinski definition) is 6. The lowest BCUT2D eigenvalue weighted by atomic mass is 9.96. The van der Waals surface area contributed by atoms with Gasteiger partial charge in [0, 0.05) is 44.8 Å². The summed E-state index contributed by atoms with van der Waals surface area (Å²) in [4.78, 5) is 22.3. The van der Waals surface area contributed by atoms with E-state index in [4.69, 9.17) is 4.98 Å². The number of carbonyl (C=O) groups excluding carboxylic acids is 1. The molecule has 1 aliphatic carbocycles. The Labute approximate surface area is 217 Å². The second-order valence-corrected chi connectivity index (χ2v) is 12.8. The first-order valence-electron chi connectivity index (χ1n) is 12.9. The highest BCUT2D eigenvalue weighted by atomic mass is 32.2. The molecule has 0 N–H and O–H groups in total. The zero-order valence-corrected chi connectivity index (χ0v) is 22.7. The minimum Gasteiger partial charge on any atom is -0.345 e. The summed E-state index contributed by atoms with van der Waals surface area (Å²) in [5, 5.41) is 1.00. The molecule has 36 heavy (non-hydrogen) atoms. The highest BCUT2D eigenvalue weighted by Crippen LogP contribution is 2.31. The number of nitrogens with zero attached hydrogens (tertiary/aromatic N) is 4. The molecular weight excluding hydrogens is 492 g/mol. The summed E-state index contributed by atoms with van der Waals surface area (Å²) in [6.45, 7) is 4.83. The van der Waals surface area contributed by atoms with Crippen molar-refractivity contribution in [1.29, 1.82) is 0 Å². The van der Waals surface area contributed by atoms with Gasteiger partial charge in [-0.05, 0) is 61.2 Å². The molecule has 5 rings (SSSR count). The normalized spacial score (nSPS) is 17.8. The number of anilines is 1. The number of thiazole rings is 1. The van der Waals surface area contributed by atoms with E-state index in [0.29, 0.717) is 18.7 Å². The Hall–Kier alpha value is -2.49. The molecule has 1 aliphatic heterocycles. The van der Waals surface area contributed by atoms with Crippen LogP contribution in [0.1, 0.15) is 54.9 Å². The number of hydrogen-bond donors (Lipinski definition) is 0. The van der Waals surface area contributed by atoms with Crippen molar-refractivity contribution in [2.75, 3.05) is 38.1 Å². The Morgan fingerprint density at radius 3 is 2.39 bits per heavy atom. The van der Waals surface area contributed by atoms with E-state index in [-0.39, 0.29) is 16.8 Å². The Bertz CT molecular complexity index is 1320. The summed E-state index contributed by atoms with van der Waals surface area (Å²) >= 11 is 1.71. The fourth-order valence-corrected chi connectivity index (χ4v) is 7.67. The highest BCUT2D eigenvalue weighted by molar-refractivity contribution is 7.89. The molecule has 192 valence electrons. The van der Waals surface area contributed by atoms with Crippen LogP contribution in [-0.2, 0) is 16.4 Å². The number of piperazine rings is 1. The predicted octanol–water partition coefficient (Wildman–Crippen LogP) is 4.77. The maximum absolute atomic E-state index is 13.1. The van der Waals surface area contributed by atoms with E-state index < -0.39 is 10.0 Å². The molecule has 2 fully saturated rings. The van der Waals surface area contributed by atoms with Crippen LogP contribution < -0.4 is 4.90 Å². The molecular formula is C27H34N4O3S2. The predicted molar refractivity (Wildman–Crippen MR) is 145 cm³/mol. The summed E-state index contributed by atoms with van der Waals surface area (Å²) in [5.41, 5.74) is 2.86.